The number of ether oxygens (including phenoxy) is 1. The molecule has 0 saturated carbocycles. The maximum Gasteiger partial charge on any atom is 0.239 e. The second-order valence-electron chi connectivity index (χ2n) is 5.56. The van der Waals surface area contributed by atoms with E-state index in [1.54, 1.807) is 19.2 Å². The van der Waals surface area contributed by atoms with Crippen LogP contribution in [0.15, 0.2) is 54.7 Å². The molecule has 1 unspecified atom stereocenters. The molecule has 1 atom stereocenters. The zero-order valence-corrected chi connectivity index (χ0v) is 14.0. The quantitative estimate of drug-likeness (QED) is 0.322. The van der Waals surface area contributed by atoms with E-state index in [1.165, 1.54) is 18.7 Å². The summed E-state index contributed by atoms with van der Waals surface area (Å²) in [6.45, 7) is 7.64. The highest BCUT2D eigenvalue weighted by atomic mass is 19.1. The van der Waals surface area contributed by atoms with E-state index in [1.807, 2.05) is 26.0 Å². The predicted molar refractivity (Wildman–Crippen MR) is 89.3 cm³/mol. The van der Waals surface area contributed by atoms with Gasteiger partial charge in [-0.05, 0) is 19.4 Å². The third-order valence-corrected chi connectivity index (χ3v) is 3.64. The molecule has 128 valence electrons. The molecule has 1 aromatic carbocycles. The van der Waals surface area contributed by atoms with Gasteiger partial charge in [0.1, 0.15) is 25.0 Å². The summed E-state index contributed by atoms with van der Waals surface area (Å²) in [6, 6.07) is 7.29. The Morgan fingerprint density at radius 1 is 1.42 bits per heavy atom. The number of aromatic nitrogens is 3. The first-order valence-electron chi connectivity index (χ1n) is 7.44. The van der Waals surface area contributed by atoms with Crippen LogP contribution in [0.2, 0.25) is 0 Å². The Labute approximate surface area is 140 Å². The summed E-state index contributed by atoms with van der Waals surface area (Å²) in [6.07, 6.45) is 2.47. The van der Waals surface area contributed by atoms with E-state index in [2.05, 4.69) is 21.8 Å². The van der Waals surface area contributed by atoms with Gasteiger partial charge in [0.25, 0.3) is 0 Å². The molecule has 0 aliphatic heterocycles. The van der Waals surface area contributed by atoms with Crippen LogP contribution in [0.4, 0.5) is 4.39 Å². The smallest absolute Gasteiger partial charge is 0.239 e. The van der Waals surface area contributed by atoms with Gasteiger partial charge in [-0.25, -0.2) is 14.1 Å². The Balaban J connectivity index is 2.33. The fourth-order valence-electron chi connectivity index (χ4n) is 2.01. The number of nitrogens with zero attached hydrogens (tertiary/aromatic N) is 4. The first-order valence-corrected chi connectivity index (χ1v) is 7.44. The lowest BCUT2D eigenvalue weighted by Crippen LogP contribution is -2.20. The Bertz CT molecular complexity index is 681. The number of hydrogen-bond donors (Lipinski definition) is 0. The molecule has 0 spiro atoms. The van der Waals surface area contributed by atoms with Crippen molar-refractivity contribution in [2.75, 3.05) is 13.7 Å². The second-order valence-corrected chi connectivity index (χ2v) is 5.56. The largest absolute Gasteiger partial charge is 0.391 e. The van der Waals surface area contributed by atoms with Crippen LogP contribution in [-0.2, 0) is 15.2 Å². The van der Waals surface area contributed by atoms with Crippen LogP contribution < -0.4 is 0 Å². The lowest BCUT2D eigenvalue weighted by molar-refractivity contribution is 0.0192. The minimum atomic E-state index is -1.61. The van der Waals surface area contributed by atoms with Crippen molar-refractivity contribution in [2.24, 2.45) is 5.16 Å². The van der Waals surface area contributed by atoms with E-state index in [0.29, 0.717) is 5.56 Å². The van der Waals surface area contributed by atoms with E-state index in [4.69, 9.17) is 9.57 Å². The summed E-state index contributed by atoms with van der Waals surface area (Å²) in [7, 11) is 1.65. The molecule has 7 heteroatoms. The van der Waals surface area contributed by atoms with E-state index < -0.39 is 11.9 Å². The molecule has 0 bridgehead atoms. The highest BCUT2D eigenvalue weighted by Gasteiger charge is 2.23. The summed E-state index contributed by atoms with van der Waals surface area (Å²) in [4.78, 5) is 8.84. The SMILES string of the molecule is C=CCON=C(c1ccc(C(C)(C)OC)cc1)C(F)n1cncn1. The molecule has 0 radical (unpaired) electrons. The normalized spacial score (nSPS) is 13.6. The Hall–Kier alpha value is -2.54. The van der Waals surface area contributed by atoms with Crippen LogP contribution >= 0.6 is 0 Å². The van der Waals surface area contributed by atoms with Crippen LogP contribution in [0.3, 0.4) is 0 Å². The average Bonchev–Trinajstić information content (AvgIpc) is 3.13. The fraction of sp³-hybridized carbons (Fsp3) is 0.353. The highest BCUT2D eigenvalue weighted by molar-refractivity contribution is 6.02. The topological polar surface area (TPSA) is 61.5 Å². The zero-order valence-electron chi connectivity index (χ0n) is 14.0. The number of oxime groups is 1. The lowest BCUT2D eigenvalue weighted by Gasteiger charge is -2.23. The van der Waals surface area contributed by atoms with E-state index in [0.717, 1.165) is 10.2 Å². The summed E-state index contributed by atoms with van der Waals surface area (Å²) in [5.41, 5.74) is 1.22. The van der Waals surface area contributed by atoms with Gasteiger partial charge >= 0.3 is 0 Å². The molecule has 2 aromatic rings. The molecule has 0 amide bonds. The number of rotatable bonds is 8. The van der Waals surface area contributed by atoms with Crippen LogP contribution in [0.1, 0.15) is 31.3 Å². The van der Waals surface area contributed by atoms with Gasteiger partial charge in [0.15, 0.2) is 0 Å². The van der Waals surface area contributed by atoms with Crippen molar-refractivity contribution in [2.45, 2.75) is 25.7 Å². The zero-order chi connectivity index (χ0) is 17.6. The maximum absolute atomic E-state index is 14.7. The molecule has 0 saturated heterocycles. The first-order chi connectivity index (χ1) is 11.5. The fourth-order valence-corrected chi connectivity index (χ4v) is 2.01. The molecule has 0 aliphatic rings. The summed E-state index contributed by atoms with van der Waals surface area (Å²) < 4.78 is 21.3. The van der Waals surface area contributed by atoms with Gasteiger partial charge in [-0.15, -0.1) is 0 Å². The lowest BCUT2D eigenvalue weighted by atomic mass is 9.96. The molecule has 0 fully saturated rings. The Kier molecular flexibility index (Phi) is 5.81. The van der Waals surface area contributed by atoms with Crippen LogP contribution in [0, 0.1) is 0 Å². The third kappa shape index (κ3) is 4.05. The molecule has 0 N–H and O–H groups in total. The van der Waals surface area contributed by atoms with Crippen molar-refractivity contribution < 1.29 is 14.0 Å². The van der Waals surface area contributed by atoms with Crippen molar-refractivity contribution in [3.8, 4) is 0 Å². The van der Waals surface area contributed by atoms with Crippen molar-refractivity contribution in [1.82, 2.24) is 14.8 Å². The standard InChI is InChI=1S/C17H21FN4O2/c1-5-10-24-21-15(16(18)22-12-19-11-20-22)13-6-8-14(9-7-13)17(2,3)23-4/h5-9,11-12,16H,1,10H2,2-4H3. The van der Waals surface area contributed by atoms with Gasteiger partial charge in [0, 0.05) is 12.7 Å². The van der Waals surface area contributed by atoms with Crippen LogP contribution in [0.5, 0.6) is 0 Å². The molecule has 2 rings (SSSR count). The summed E-state index contributed by atoms with van der Waals surface area (Å²) >= 11 is 0. The number of methoxy groups -OCH3 is 1. The van der Waals surface area contributed by atoms with E-state index in [9.17, 15) is 4.39 Å². The molecular formula is C17H21FN4O2. The number of halogens is 1. The van der Waals surface area contributed by atoms with Crippen molar-refractivity contribution >= 4 is 5.71 Å². The van der Waals surface area contributed by atoms with Crippen molar-refractivity contribution in [3.63, 3.8) is 0 Å². The number of benzene rings is 1. The van der Waals surface area contributed by atoms with Crippen LogP contribution in [-0.4, -0.2) is 34.2 Å². The van der Waals surface area contributed by atoms with Crippen LogP contribution in [0.25, 0.3) is 0 Å². The van der Waals surface area contributed by atoms with Gasteiger partial charge in [0.2, 0.25) is 6.30 Å². The number of hydrogen-bond acceptors (Lipinski definition) is 5. The highest BCUT2D eigenvalue weighted by Crippen LogP contribution is 2.25. The molecule has 0 aliphatic carbocycles. The van der Waals surface area contributed by atoms with E-state index >= 15 is 0 Å². The van der Waals surface area contributed by atoms with Gasteiger partial charge < -0.3 is 9.57 Å². The molecule has 1 aromatic heterocycles. The van der Waals surface area contributed by atoms with Gasteiger partial charge in [-0.1, -0.05) is 42.1 Å². The molecule has 24 heavy (non-hydrogen) atoms. The monoisotopic (exact) mass is 332 g/mol. The Morgan fingerprint density at radius 2 is 2.12 bits per heavy atom. The minimum Gasteiger partial charge on any atom is -0.391 e. The van der Waals surface area contributed by atoms with E-state index in [-0.39, 0.29) is 12.3 Å². The first kappa shape index (κ1) is 17.8. The molecule has 1 heterocycles. The van der Waals surface area contributed by atoms with Gasteiger partial charge in [-0.2, -0.15) is 5.10 Å². The third-order valence-electron chi connectivity index (χ3n) is 3.64. The average molecular weight is 332 g/mol. The summed E-state index contributed by atoms with van der Waals surface area (Å²) in [5.74, 6) is 0. The second kappa shape index (κ2) is 7.83. The van der Waals surface area contributed by atoms with Gasteiger partial charge in [-0.3, -0.25) is 0 Å². The predicted octanol–water partition coefficient (Wildman–Crippen LogP) is 3.23. The van der Waals surface area contributed by atoms with Gasteiger partial charge in [0.05, 0.1) is 5.60 Å². The molecular weight excluding hydrogens is 311 g/mol. The van der Waals surface area contributed by atoms with Crippen molar-refractivity contribution in [3.05, 3.63) is 60.7 Å². The Morgan fingerprint density at radius 3 is 2.67 bits per heavy atom. The molecule has 6 nitrogen and oxygen atoms in total. The maximum atomic E-state index is 14.7. The van der Waals surface area contributed by atoms with Crippen molar-refractivity contribution in [1.29, 1.82) is 0 Å². The summed E-state index contributed by atoms with van der Waals surface area (Å²) in [5, 5.41) is 7.72. The number of alkyl halides is 1. The minimum absolute atomic E-state index is 0.101.